The van der Waals surface area contributed by atoms with Crippen LogP contribution >= 0.6 is 0 Å². The van der Waals surface area contributed by atoms with E-state index in [9.17, 15) is 0 Å². The number of hydrogen-bond donors (Lipinski definition) is 1. The molecule has 2 heteroatoms. The van der Waals surface area contributed by atoms with Crippen molar-refractivity contribution >= 4 is 0 Å². The predicted octanol–water partition coefficient (Wildman–Crippen LogP) is 3.41. The van der Waals surface area contributed by atoms with E-state index in [0.29, 0.717) is 0 Å². The van der Waals surface area contributed by atoms with Gasteiger partial charge in [-0.1, -0.05) is 38.5 Å². The fraction of sp³-hybridized carbons (Fsp3) is 0.600. The van der Waals surface area contributed by atoms with Crippen LogP contribution in [0.1, 0.15) is 44.7 Å². The fourth-order valence-electron chi connectivity index (χ4n) is 1.78. The Hall–Kier alpha value is -1.02. The first-order chi connectivity index (χ1) is 7.95. The Labute approximate surface area is 105 Å². The van der Waals surface area contributed by atoms with Crippen molar-refractivity contribution in [3.63, 3.8) is 0 Å². The zero-order valence-electron chi connectivity index (χ0n) is 11.5. The Morgan fingerprint density at radius 1 is 1.18 bits per heavy atom. The Morgan fingerprint density at radius 3 is 2.47 bits per heavy atom. The van der Waals surface area contributed by atoms with Crippen LogP contribution in [0.2, 0.25) is 0 Å². The van der Waals surface area contributed by atoms with Crippen molar-refractivity contribution in [3.05, 3.63) is 29.3 Å². The molecule has 0 saturated heterocycles. The molecule has 0 atom stereocenters. The minimum atomic E-state index is 0.120. The van der Waals surface area contributed by atoms with Gasteiger partial charge in [0.05, 0.1) is 6.61 Å². The summed E-state index contributed by atoms with van der Waals surface area (Å²) in [7, 11) is 0. The molecule has 0 spiro atoms. The molecule has 0 aromatic heterocycles. The van der Waals surface area contributed by atoms with Gasteiger partial charge in [-0.15, -0.1) is 0 Å². The zero-order valence-corrected chi connectivity index (χ0v) is 11.5. The maximum atomic E-state index is 5.87. The van der Waals surface area contributed by atoms with Crippen molar-refractivity contribution in [2.45, 2.75) is 46.0 Å². The molecular weight excluding hydrogens is 210 g/mol. The van der Waals surface area contributed by atoms with Crippen molar-refractivity contribution in [2.24, 2.45) is 5.73 Å². The van der Waals surface area contributed by atoms with E-state index in [0.717, 1.165) is 31.7 Å². The van der Waals surface area contributed by atoms with Crippen LogP contribution in [0.5, 0.6) is 5.75 Å². The highest BCUT2D eigenvalue weighted by Gasteiger charge is 2.18. The summed E-state index contributed by atoms with van der Waals surface area (Å²) in [5, 5.41) is 0. The van der Waals surface area contributed by atoms with E-state index in [-0.39, 0.29) is 5.41 Å². The lowest BCUT2D eigenvalue weighted by molar-refractivity contribution is 0.299. The number of benzene rings is 1. The van der Waals surface area contributed by atoms with Crippen molar-refractivity contribution in [1.82, 2.24) is 0 Å². The second-order valence-electron chi connectivity index (χ2n) is 5.59. The highest BCUT2D eigenvalue weighted by Crippen LogP contribution is 2.32. The van der Waals surface area contributed by atoms with E-state index >= 15 is 0 Å². The summed E-state index contributed by atoms with van der Waals surface area (Å²) < 4.78 is 5.87. The largest absolute Gasteiger partial charge is 0.493 e. The molecule has 2 N–H and O–H groups in total. The average molecular weight is 235 g/mol. The van der Waals surface area contributed by atoms with Gasteiger partial charge in [0.1, 0.15) is 5.75 Å². The van der Waals surface area contributed by atoms with Gasteiger partial charge in [-0.25, -0.2) is 0 Å². The first kappa shape index (κ1) is 14.0. The summed E-state index contributed by atoms with van der Waals surface area (Å²) in [6.07, 6.45) is 2.05. The molecule has 0 unspecified atom stereocenters. The van der Waals surface area contributed by atoms with Gasteiger partial charge < -0.3 is 10.5 Å². The summed E-state index contributed by atoms with van der Waals surface area (Å²) in [6.45, 7) is 10.3. The smallest absolute Gasteiger partial charge is 0.123 e. The molecule has 0 aliphatic heterocycles. The summed E-state index contributed by atoms with van der Waals surface area (Å²) >= 11 is 0. The molecule has 1 aromatic carbocycles. The molecule has 17 heavy (non-hydrogen) atoms. The Bertz CT molecular complexity index is 352. The molecule has 0 aliphatic carbocycles. The van der Waals surface area contributed by atoms with Crippen LogP contribution < -0.4 is 10.5 Å². The Balaban J connectivity index is 2.77. The van der Waals surface area contributed by atoms with Crippen molar-refractivity contribution in [3.8, 4) is 5.75 Å². The van der Waals surface area contributed by atoms with Gasteiger partial charge >= 0.3 is 0 Å². The second kappa shape index (κ2) is 6.06. The lowest BCUT2D eigenvalue weighted by Gasteiger charge is -2.23. The van der Waals surface area contributed by atoms with Crippen LogP contribution in [0.25, 0.3) is 0 Å². The third-order valence-electron chi connectivity index (χ3n) is 2.80. The number of nitrogens with two attached hydrogens (primary N) is 1. The monoisotopic (exact) mass is 235 g/mol. The summed E-state index contributed by atoms with van der Waals surface area (Å²) in [5.41, 5.74) is 8.16. The molecule has 0 fully saturated rings. The number of ether oxygens (including phenoxy) is 1. The van der Waals surface area contributed by atoms with E-state index < -0.39 is 0 Å². The minimum absolute atomic E-state index is 0.120. The maximum absolute atomic E-state index is 5.87. The quantitative estimate of drug-likeness (QED) is 0.794. The molecule has 1 rings (SSSR count). The molecule has 0 heterocycles. The second-order valence-corrected chi connectivity index (χ2v) is 5.59. The Kier molecular flexibility index (Phi) is 5.01. The SMILES string of the molecule is Cc1ccc(OCCCCN)c(C(C)(C)C)c1. The highest BCUT2D eigenvalue weighted by molar-refractivity contribution is 5.41. The molecule has 0 saturated carbocycles. The van der Waals surface area contributed by atoms with Gasteiger partial charge in [0.25, 0.3) is 0 Å². The third-order valence-corrected chi connectivity index (χ3v) is 2.80. The van der Waals surface area contributed by atoms with Crippen LogP contribution in [0.3, 0.4) is 0 Å². The highest BCUT2D eigenvalue weighted by atomic mass is 16.5. The molecule has 96 valence electrons. The Morgan fingerprint density at radius 2 is 1.88 bits per heavy atom. The van der Waals surface area contributed by atoms with Crippen molar-refractivity contribution in [1.29, 1.82) is 0 Å². The average Bonchev–Trinajstić information content (AvgIpc) is 2.25. The summed E-state index contributed by atoms with van der Waals surface area (Å²) in [6, 6.07) is 6.41. The number of rotatable bonds is 5. The molecule has 0 bridgehead atoms. The number of hydrogen-bond acceptors (Lipinski definition) is 2. The van der Waals surface area contributed by atoms with Crippen LogP contribution in [-0.4, -0.2) is 13.2 Å². The van der Waals surface area contributed by atoms with Gasteiger partial charge in [-0.3, -0.25) is 0 Å². The van der Waals surface area contributed by atoms with Gasteiger partial charge in [0.2, 0.25) is 0 Å². The van der Waals surface area contributed by atoms with Crippen LogP contribution in [0.4, 0.5) is 0 Å². The first-order valence-corrected chi connectivity index (χ1v) is 6.39. The minimum Gasteiger partial charge on any atom is -0.493 e. The van der Waals surface area contributed by atoms with Gasteiger partial charge in [0.15, 0.2) is 0 Å². The van der Waals surface area contributed by atoms with Crippen LogP contribution in [0.15, 0.2) is 18.2 Å². The topological polar surface area (TPSA) is 35.2 Å². The zero-order chi connectivity index (χ0) is 12.9. The van der Waals surface area contributed by atoms with E-state index in [1.807, 2.05) is 0 Å². The lowest BCUT2D eigenvalue weighted by atomic mass is 9.85. The van der Waals surface area contributed by atoms with Crippen molar-refractivity contribution < 1.29 is 4.74 Å². The molecular formula is C15H25NO. The molecule has 0 amide bonds. The normalized spacial score (nSPS) is 11.6. The van der Waals surface area contributed by atoms with E-state index in [2.05, 4.69) is 45.9 Å². The molecule has 0 aliphatic rings. The van der Waals surface area contributed by atoms with Gasteiger partial charge in [-0.05, 0) is 43.4 Å². The fourth-order valence-corrected chi connectivity index (χ4v) is 1.78. The van der Waals surface area contributed by atoms with Gasteiger partial charge in [-0.2, -0.15) is 0 Å². The first-order valence-electron chi connectivity index (χ1n) is 6.39. The molecule has 0 radical (unpaired) electrons. The molecule has 2 nitrogen and oxygen atoms in total. The lowest BCUT2D eigenvalue weighted by Crippen LogP contribution is -2.14. The summed E-state index contributed by atoms with van der Waals surface area (Å²) in [4.78, 5) is 0. The van der Waals surface area contributed by atoms with Crippen LogP contribution in [0, 0.1) is 6.92 Å². The van der Waals surface area contributed by atoms with E-state index in [4.69, 9.17) is 10.5 Å². The van der Waals surface area contributed by atoms with Crippen LogP contribution in [-0.2, 0) is 5.41 Å². The maximum Gasteiger partial charge on any atom is 0.123 e. The number of unbranched alkanes of at least 4 members (excludes halogenated alkanes) is 1. The third kappa shape index (κ3) is 4.39. The number of aryl methyl sites for hydroxylation is 1. The molecule has 1 aromatic rings. The van der Waals surface area contributed by atoms with Crippen molar-refractivity contribution in [2.75, 3.05) is 13.2 Å². The predicted molar refractivity (Wildman–Crippen MR) is 73.7 cm³/mol. The van der Waals surface area contributed by atoms with E-state index in [1.165, 1.54) is 11.1 Å². The standard InChI is InChI=1S/C15H25NO/c1-12-7-8-14(17-10-6-5-9-16)13(11-12)15(2,3)4/h7-8,11H,5-6,9-10,16H2,1-4H3. The van der Waals surface area contributed by atoms with E-state index in [1.54, 1.807) is 0 Å². The summed E-state index contributed by atoms with van der Waals surface area (Å²) in [5.74, 6) is 1.01. The van der Waals surface area contributed by atoms with Gasteiger partial charge in [0, 0.05) is 0 Å².